The van der Waals surface area contributed by atoms with Crippen molar-refractivity contribution in [3.63, 3.8) is 0 Å². The van der Waals surface area contributed by atoms with E-state index in [0.717, 1.165) is 11.8 Å². The van der Waals surface area contributed by atoms with Crippen LogP contribution in [0.4, 0.5) is 11.4 Å². The van der Waals surface area contributed by atoms with Gasteiger partial charge >= 0.3 is 0 Å². The molecule has 28 heavy (non-hydrogen) atoms. The topological polar surface area (TPSA) is 130 Å². The van der Waals surface area contributed by atoms with E-state index in [1.54, 1.807) is 18.2 Å². The molecule has 0 bridgehead atoms. The highest BCUT2D eigenvalue weighted by Crippen LogP contribution is 2.36. The van der Waals surface area contributed by atoms with E-state index < -0.39 is 4.92 Å². The molecule has 142 valence electrons. The highest BCUT2D eigenvalue weighted by molar-refractivity contribution is 7.99. The molecule has 2 heterocycles. The Morgan fingerprint density at radius 1 is 1.14 bits per heavy atom. The normalized spacial score (nSPS) is 12.0. The number of carbonyl (C=O) groups is 1. The first-order valence-corrected chi connectivity index (χ1v) is 8.98. The minimum absolute atomic E-state index is 0.0414. The summed E-state index contributed by atoms with van der Waals surface area (Å²) >= 11 is 1.08. The molecule has 11 heteroatoms. The number of nitrogens with zero attached hydrogens (tertiary/aromatic N) is 3. The number of amides is 1. The second kappa shape index (κ2) is 7.56. The largest absolute Gasteiger partial charge is 0.454 e. The quantitative estimate of drug-likeness (QED) is 0.377. The number of ether oxygens (including phenoxy) is 2. The van der Waals surface area contributed by atoms with Crippen molar-refractivity contribution in [1.82, 2.24) is 10.2 Å². The van der Waals surface area contributed by atoms with Crippen molar-refractivity contribution in [1.29, 1.82) is 0 Å². The zero-order chi connectivity index (χ0) is 19.5. The van der Waals surface area contributed by atoms with Crippen LogP contribution in [0.1, 0.15) is 0 Å². The van der Waals surface area contributed by atoms with Gasteiger partial charge in [0.1, 0.15) is 0 Å². The van der Waals surface area contributed by atoms with Crippen molar-refractivity contribution < 1.29 is 23.6 Å². The Kier molecular flexibility index (Phi) is 4.81. The van der Waals surface area contributed by atoms with Crippen molar-refractivity contribution >= 4 is 29.0 Å². The van der Waals surface area contributed by atoms with E-state index in [-0.39, 0.29) is 29.4 Å². The number of hydrogen-bond acceptors (Lipinski definition) is 9. The van der Waals surface area contributed by atoms with E-state index >= 15 is 0 Å². The molecule has 0 spiro atoms. The SMILES string of the molecule is O=C(CSc1nnc(-c2ccc3c(c2)OCO3)o1)Nc1ccc([N+](=O)[O-])cc1. The van der Waals surface area contributed by atoms with Crippen LogP contribution in [-0.4, -0.2) is 33.6 Å². The number of fused-ring (bicyclic) bond motifs is 1. The van der Waals surface area contributed by atoms with Crippen LogP contribution in [0, 0.1) is 10.1 Å². The average Bonchev–Trinajstić information content (AvgIpc) is 3.35. The summed E-state index contributed by atoms with van der Waals surface area (Å²) in [6, 6.07) is 10.8. The molecule has 0 saturated heterocycles. The fourth-order valence-corrected chi connectivity index (χ4v) is 2.97. The number of aromatic nitrogens is 2. The molecule has 1 aliphatic heterocycles. The minimum Gasteiger partial charge on any atom is -0.454 e. The van der Waals surface area contributed by atoms with Crippen LogP contribution in [0.3, 0.4) is 0 Å². The average molecular weight is 400 g/mol. The van der Waals surface area contributed by atoms with E-state index in [2.05, 4.69) is 15.5 Å². The zero-order valence-corrected chi connectivity index (χ0v) is 15.0. The number of carbonyl (C=O) groups excluding carboxylic acids is 1. The molecule has 0 saturated carbocycles. The van der Waals surface area contributed by atoms with Gasteiger partial charge < -0.3 is 19.2 Å². The predicted molar refractivity (Wildman–Crippen MR) is 98.3 cm³/mol. The number of anilines is 1. The molecule has 10 nitrogen and oxygen atoms in total. The molecule has 4 rings (SSSR count). The first kappa shape index (κ1) is 17.8. The Balaban J connectivity index is 1.34. The lowest BCUT2D eigenvalue weighted by Crippen LogP contribution is -2.13. The number of benzene rings is 2. The number of thioether (sulfide) groups is 1. The Labute approximate surface area is 162 Å². The monoisotopic (exact) mass is 400 g/mol. The van der Waals surface area contributed by atoms with E-state index in [0.29, 0.717) is 28.6 Å². The highest BCUT2D eigenvalue weighted by atomic mass is 32.2. The van der Waals surface area contributed by atoms with Gasteiger partial charge in [0.2, 0.25) is 18.6 Å². The third-order valence-corrected chi connectivity index (χ3v) is 4.53. The first-order valence-electron chi connectivity index (χ1n) is 7.99. The van der Waals surface area contributed by atoms with Crippen LogP contribution in [0.2, 0.25) is 0 Å². The first-order chi connectivity index (χ1) is 13.6. The van der Waals surface area contributed by atoms with Gasteiger partial charge in [0, 0.05) is 23.4 Å². The number of nitrogens with one attached hydrogen (secondary N) is 1. The smallest absolute Gasteiger partial charge is 0.277 e. The third-order valence-electron chi connectivity index (χ3n) is 3.71. The Morgan fingerprint density at radius 2 is 1.93 bits per heavy atom. The number of nitro benzene ring substituents is 1. The van der Waals surface area contributed by atoms with Gasteiger partial charge in [-0.1, -0.05) is 11.8 Å². The molecule has 0 unspecified atom stereocenters. The van der Waals surface area contributed by atoms with E-state index in [4.69, 9.17) is 13.9 Å². The van der Waals surface area contributed by atoms with Gasteiger partial charge in [-0.05, 0) is 30.3 Å². The van der Waals surface area contributed by atoms with Gasteiger partial charge in [0.05, 0.1) is 10.7 Å². The molecular formula is C17H12N4O6S. The second-order valence-electron chi connectivity index (χ2n) is 5.58. The fraction of sp³-hybridized carbons (Fsp3) is 0.118. The lowest BCUT2D eigenvalue weighted by molar-refractivity contribution is -0.384. The molecule has 0 aliphatic carbocycles. The standard InChI is InChI=1S/C17H12N4O6S/c22-15(18-11-2-4-12(5-3-11)21(23)24)8-28-17-20-19-16(27-17)10-1-6-13-14(7-10)26-9-25-13/h1-7H,8-9H2,(H,18,22). The van der Waals surface area contributed by atoms with Gasteiger partial charge in [0.25, 0.3) is 10.9 Å². The lowest BCUT2D eigenvalue weighted by Gasteiger charge is -2.03. The van der Waals surface area contributed by atoms with Crippen LogP contribution < -0.4 is 14.8 Å². The summed E-state index contributed by atoms with van der Waals surface area (Å²) < 4.78 is 16.1. The van der Waals surface area contributed by atoms with Gasteiger partial charge in [-0.15, -0.1) is 10.2 Å². The maximum absolute atomic E-state index is 12.0. The van der Waals surface area contributed by atoms with Gasteiger partial charge in [-0.25, -0.2) is 0 Å². The molecular weight excluding hydrogens is 388 g/mol. The zero-order valence-electron chi connectivity index (χ0n) is 14.2. The number of rotatable bonds is 6. The molecule has 2 aromatic carbocycles. The second-order valence-corrected chi connectivity index (χ2v) is 6.51. The van der Waals surface area contributed by atoms with Crippen LogP contribution in [-0.2, 0) is 4.79 Å². The van der Waals surface area contributed by atoms with Gasteiger partial charge in [0.15, 0.2) is 11.5 Å². The van der Waals surface area contributed by atoms with Crippen LogP contribution in [0.5, 0.6) is 11.5 Å². The molecule has 1 N–H and O–H groups in total. The summed E-state index contributed by atoms with van der Waals surface area (Å²) in [7, 11) is 0. The van der Waals surface area contributed by atoms with Crippen molar-refractivity contribution in [3.8, 4) is 23.0 Å². The molecule has 1 amide bonds. The lowest BCUT2D eigenvalue weighted by atomic mass is 10.2. The Bertz CT molecular complexity index is 1040. The Hall–Kier alpha value is -3.60. The Morgan fingerprint density at radius 3 is 2.71 bits per heavy atom. The molecule has 0 fully saturated rings. The molecule has 3 aromatic rings. The summed E-state index contributed by atoms with van der Waals surface area (Å²) in [5, 5.41) is 21.4. The third kappa shape index (κ3) is 3.88. The summed E-state index contributed by atoms with van der Waals surface area (Å²) in [4.78, 5) is 22.2. The van der Waals surface area contributed by atoms with Crippen molar-refractivity contribution in [2.24, 2.45) is 0 Å². The number of hydrogen-bond donors (Lipinski definition) is 1. The summed E-state index contributed by atoms with van der Waals surface area (Å²) in [6.45, 7) is 0.174. The maximum atomic E-state index is 12.0. The summed E-state index contributed by atoms with van der Waals surface area (Å²) in [5.74, 6) is 1.30. The molecule has 1 aliphatic rings. The molecule has 0 atom stereocenters. The van der Waals surface area contributed by atoms with Crippen molar-refractivity contribution in [3.05, 3.63) is 52.6 Å². The predicted octanol–water partition coefficient (Wildman–Crippen LogP) is 3.10. The summed E-state index contributed by atoms with van der Waals surface area (Å²) in [5.41, 5.74) is 1.09. The van der Waals surface area contributed by atoms with E-state index in [1.807, 2.05) is 0 Å². The molecule has 1 aromatic heterocycles. The number of non-ortho nitro benzene ring substituents is 1. The van der Waals surface area contributed by atoms with Crippen LogP contribution >= 0.6 is 11.8 Å². The number of nitro groups is 1. The van der Waals surface area contributed by atoms with E-state index in [9.17, 15) is 14.9 Å². The van der Waals surface area contributed by atoms with Crippen molar-refractivity contribution in [2.75, 3.05) is 17.9 Å². The van der Waals surface area contributed by atoms with Crippen LogP contribution in [0.15, 0.2) is 52.1 Å². The van der Waals surface area contributed by atoms with Crippen molar-refractivity contribution in [2.45, 2.75) is 5.22 Å². The van der Waals surface area contributed by atoms with E-state index in [1.165, 1.54) is 24.3 Å². The minimum atomic E-state index is -0.505. The molecule has 0 radical (unpaired) electrons. The highest BCUT2D eigenvalue weighted by Gasteiger charge is 2.17. The van der Waals surface area contributed by atoms with Crippen LogP contribution in [0.25, 0.3) is 11.5 Å². The maximum Gasteiger partial charge on any atom is 0.277 e. The fourth-order valence-electron chi connectivity index (χ4n) is 2.41. The van der Waals surface area contributed by atoms with Gasteiger partial charge in [-0.2, -0.15) is 0 Å². The van der Waals surface area contributed by atoms with Gasteiger partial charge in [-0.3, -0.25) is 14.9 Å². The summed E-state index contributed by atoms with van der Waals surface area (Å²) in [6.07, 6.45) is 0.